The Balaban J connectivity index is 1.45. The van der Waals surface area contributed by atoms with Crippen LogP contribution in [0.4, 0.5) is 22.1 Å². The molecule has 0 aliphatic carbocycles. The van der Waals surface area contributed by atoms with Gasteiger partial charge in [0, 0.05) is 36.3 Å². The van der Waals surface area contributed by atoms with E-state index >= 15 is 0 Å². The molecule has 2 aliphatic heterocycles. The van der Waals surface area contributed by atoms with E-state index in [0.29, 0.717) is 61.4 Å². The van der Waals surface area contributed by atoms with Crippen LogP contribution >= 0.6 is 0 Å². The minimum absolute atomic E-state index is 0.344. The molecule has 1 saturated heterocycles. The minimum Gasteiger partial charge on any atom is -0.474 e. The number of fused-ring (bicyclic) bond motifs is 2. The number of nitrogen functional groups attached to an aromatic ring is 1. The highest BCUT2D eigenvalue weighted by molar-refractivity contribution is 5.96. The number of nitrogens with zero attached hydrogens (tertiary/aromatic N) is 3. The first-order valence-electron chi connectivity index (χ1n) is 10.4. The Kier molecular flexibility index (Phi) is 4.93. The van der Waals surface area contributed by atoms with Gasteiger partial charge in [0.2, 0.25) is 5.88 Å². The molecule has 10 heteroatoms. The van der Waals surface area contributed by atoms with Crippen LogP contribution in [-0.4, -0.2) is 53.0 Å². The van der Waals surface area contributed by atoms with E-state index in [4.69, 9.17) is 19.9 Å². The van der Waals surface area contributed by atoms with Crippen molar-refractivity contribution in [1.82, 2.24) is 15.0 Å². The predicted octanol–water partition coefficient (Wildman–Crippen LogP) is 3.11. The lowest BCUT2D eigenvalue weighted by molar-refractivity contribution is 0.0241. The van der Waals surface area contributed by atoms with E-state index in [1.54, 1.807) is 18.5 Å². The monoisotopic (exact) mass is 436 g/mol. The highest BCUT2D eigenvalue weighted by Crippen LogP contribution is 2.36. The number of pyridine rings is 3. The molecule has 2 aliphatic rings. The van der Waals surface area contributed by atoms with Gasteiger partial charge in [0.1, 0.15) is 29.5 Å². The summed E-state index contributed by atoms with van der Waals surface area (Å²) in [6, 6.07) is 3.64. The Morgan fingerprint density at radius 1 is 1.28 bits per heavy atom. The quantitative estimate of drug-likeness (QED) is 0.566. The van der Waals surface area contributed by atoms with Crippen molar-refractivity contribution < 1.29 is 19.0 Å². The molecule has 166 valence electrons. The van der Waals surface area contributed by atoms with E-state index in [2.05, 4.69) is 25.6 Å². The van der Waals surface area contributed by atoms with Gasteiger partial charge in [-0.1, -0.05) is 0 Å². The van der Waals surface area contributed by atoms with Gasteiger partial charge in [-0.15, -0.1) is 0 Å². The Morgan fingerprint density at radius 2 is 2.16 bits per heavy atom. The van der Waals surface area contributed by atoms with Crippen LogP contribution < -0.4 is 21.1 Å². The maximum Gasteiger partial charge on any atom is 0.413 e. The third-order valence-corrected chi connectivity index (χ3v) is 5.72. The topological polar surface area (TPSA) is 134 Å². The zero-order chi connectivity index (χ0) is 22.3. The zero-order valence-corrected chi connectivity index (χ0v) is 17.9. The van der Waals surface area contributed by atoms with Crippen molar-refractivity contribution in [1.29, 1.82) is 0 Å². The van der Waals surface area contributed by atoms with Crippen LogP contribution in [0.3, 0.4) is 0 Å². The largest absolute Gasteiger partial charge is 0.474 e. The molecule has 0 bridgehead atoms. The first-order chi connectivity index (χ1) is 15.4. The molecule has 0 spiro atoms. The zero-order valence-electron chi connectivity index (χ0n) is 17.9. The molecular weight excluding hydrogens is 412 g/mol. The number of ether oxygens (including phenoxy) is 3. The van der Waals surface area contributed by atoms with Crippen LogP contribution in [0.2, 0.25) is 0 Å². The maximum atomic E-state index is 12.4. The Hall–Kier alpha value is -3.66. The molecule has 0 saturated carbocycles. The van der Waals surface area contributed by atoms with Crippen molar-refractivity contribution in [2.24, 2.45) is 0 Å². The molecular formula is C22H24N6O4. The summed E-state index contributed by atoms with van der Waals surface area (Å²) in [5.41, 5.74) is 8.94. The number of carbonyl (C=O) groups is 1. The summed E-state index contributed by atoms with van der Waals surface area (Å²) in [5, 5.41) is 7.49. The lowest BCUT2D eigenvalue weighted by Crippen LogP contribution is -2.34. The fourth-order valence-corrected chi connectivity index (χ4v) is 3.94. The van der Waals surface area contributed by atoms with Crippen molar-refractivity contribution in [2.75, 3.05) is 42.7 Å². The van der Waals surface area contributed by atoms with Crippen LogP contribution in [-0.2, 0) is 9.47 Å². The SMILES string of the molecule is Cc1c(-c2cc3cc(NC(=O)O[C@@]4(C)CCOC4)ncc3c(N)n2)cnc2c1NCCO2. The summed E-state index contributed by atoms with van der Waals surface area (Å²) >= 11 is 0. The number of amides is 1. The van der Waals surface area contributed by atoms with E-state index < -0.39 is 11.7 Å². The van der Waals surface area contributed by atoms with Crippen molar-refractivity contribution in [3.63, 3.8) is 0 Å². The van der Waals surface area contributed by atoms with Crippen LogP contribution in [0, 0.1) is 6.92 Å². The average molecular weight is 436 g/mol. The molecule has 1 atom stereocenters. The number of carbonyl (C=O) groups excluding carboxylic acids is 1. The molecule has 0 aromatic carbocycles. The third-order valence-electron chi connectivity index (χ3n) is 5.72. The highest BCUT2D eigenvalue weighted by Gasteiger charge is 2.34. The Labute approximate surface area is 184 Å². The first kappa shape index (κ1) is 20.3. The minimum atomic E-state index is -0.628. The van der Waals surface area contributed by atoms with Crippen molar-refractivity contribution >= 4 is 34.2 Å². The second kappa shape index (κ2) is 7.79. The van der Waals surface area contributed by atoms with E-state index in [-0.39, 0.29) is 0 Å². The fourth-order valence-electron chi connectivity index (χ4n) is 3.94. The second-order valence-electron chi connectivity index (χ2n) is 8.20. The molecule has 5 heterocycles. The molecule has 3 aromatic heterocycles. The molecule has 1 amide bonds. The standard InChI is InChI=1S/C22H24N6O4/c1-12-14(9-26-20-18(12)24-4-6-31-20)16-7-13-8-17(25-10-15(13)19(23)27-16)28-21(29)32-22(2)3-5-30-11-22/h7-10,24H,3-6,11H2,1-2H3,(H2,23,27)(H,25,28,29)/t22-/m0/s1. The molecule has 32 heavy (non-hydrogen) atoms. The summed E-state index contributed by atoms with van der Waals surface area (Å²) in [5.74, 6) is 1.29. The van der Waals surface area contributed by atoms with E-state index in [1.807, 2.05) is 19.9 Å². The lowest BCUT2D eigenvalue weighted by atomic mass is 10.0. The number of hydrogen-bond donors (Lipinski definition) is 3. The lowest BCUT2D eigenvalue weighted by Gasteiger charge is -2.22. The normalized spacial score (nSPS) is 19.7. The van der Waals surface area contributed by atoms with Gasteiger partial charge in [-0.25, -0.2) is 19.7 Å². The van der Waals surface area contributed by atoms with Crippen LogP contribution in [0.15, 0.2) is 24.5 Å². The van der Waals surface area contributed by atoms with E-state index in [1.165, 1.54) is 0 Å². The van der Waals surface area contributed by atoms with Crippen LogP contribution in [0.1, 0.15) is 18.9 Å². The van der Waals surface area contributed by atoms with E-state index in [0.717, 1.165) is 22.2 Å². The molecule has 3 aromatic rings. The van der Waals surface area contributed by atoms with Gasteiger partial charge in [-0.3, -0.25) is 5.32 Å². The Bertz CT molecular complexity index is 1210. The number of nitrogens with two attached hydrogens (primary N) is 1. The summed E-state index contributed by atoms with van der Waals surface area (Å²) in [6.45, 7) is 6.09. The molecule has 1 fully saturated rings. The van der Waals surface area contributed by atoms with Gasteiger partial charge in [0.25, 0.3) is 0 Å². The first-order valence-corrected chi connectivity index (χ1v) is 10.4. The van der Waals surface area contributed by atoms with Crippen molar-refractivity contribution in [3.05, 3.63) is 30.1 Å². The van der Waals surface area contributed by atoms with Gasteiger partial charge in [0.05, 0.1) is 18.9 Å². The molecule has 4 N–H and O–H groups in total. The molecule has 5 rings (SSSR count). The number of rotatable bonds is 3. The van der Waals surface area contributed by atoms with Crippen molar-refractivity contribution in [3.8, 4) is 17.1 Å². The molecule has 10 nitrogen and oxygen atoms in total. The van der Waals surface area contributed by atoms with Crippen LogP contribution in [0.25, 0.3) is 22.0 Å². The maximum absolute atomic E-state index is 12.4. The fraction of sp³-hybridized carbons (Fsp3) is 0.364. The summed E-state index contributed by atoms with van der Waals surface area (Å²) in [6.07, 6.45) is 3.40. The summed E-state index contributed by atoms with van der Waals surface area (Å²) in [4.78, 5) is 25.6. The number of nitrogens with one attached hydrogen (secondary N) is 2. The van der Waals surface area contributed by atoms with Gasteiger partial charge >= 0.3 is 6.09 Å². The highest BCUT2D eigenvalue weighted by atomic mass is 16.6. The van der Waals surface area contributed by atoms with E-state index in [9.17, 15) is 4.79 Å². The summed E-state index contributed by atoms with van der Waals surface area (Å²) in [7, 11) is 0. The number of aromatic nitrogens is 3. The van der Waals surface area contributed by atoms with Gasteiger partial charge in [0.15, 0.2) is 0 Å². The number of anilines is 3. The van der Waals surface area contributed by atoms with Crippen molar-refractivity contribution in [2.45, 2.75) is 25.9 Å². The third kappa shape index (κ3) is 3.73. The second-order valence-corrected chi connectivity index (χ2v) is 8.20. The van der Waals surface area contributed by atoms with Gasteiger partial charge in [-0.2, -0.15) is 0 Å². The predicted molar refractivity (Wildman–Crippen MR) is 120 cm³/mol. The van der Waals surface area contributed by atoms with Crippen LogP contribution in [0.5, 0.6) is 5.88 Å². The Morgan fingerprint density at radius 3 is 2.97 bits per heavy atom. The van der Waals surface area contributed by atoms with Gasteiger partial charge < -0.3 is 25.3 Å². The molecule has 0 radical (unpaired) electrons. The van der Waals surface area contributed by atoms with Gasteiger partial charge in [-0.05, 0) is 36.9 Å². The average Bonchev–Trinajstić information content (AvgIpc) is 3.19. The number of hydrogen-bond acceptors (Lipinski definition) is 9. The smallest absolute Gasteiger partial charge is 0.413 e. The molecule has 0 unspecified atom stereocenters. The summed E-state index contributed by atoms with van der Waals surface area (Å²) < 4.78 is 16.5.